The minimum absolute atomic E-state index is 0.640. The van der Waals surface area contributed by atoms with Crippen LogP contribution in [0.5, 0.6) is 0 Å². The number of nitrogens with one attached hydrogen (secondary N) is 1. The Kier molecular flexibility index (Phi) is 7.74. The van der Waals surface area contributed by atoms with E-state index >= 15 is 0 Å². The van der Waals surface area contributed by atoms with E-state index in [-0.39, 0.29) is 0 Å². The van der Waals surface area contributed by atoms with Crippen molar-refractivity contribution in [2.75, 3.05) is 12.3 Å². The van der Waals surface area contributed by atoms with Crippen LogP contribution in [-0.2, 0) is 5.75 Å². The molecule has 1 nitrogen and oxygen atoms in total. The molecule has 3 heteroatoms. The second kappa shape index (κ2) is 8.84. The predicted octanol–water partition coefficient (Wildman–Crippen LogP) is 4.35. The summed E-state index contributed by atoms with van der Waals surface area (Å²) in [6, 6.07) is 8.74. The van der Waals surface area contributed by atoms with Crippen LogP contribution >= 0.6 is 23.4 Å². The van der Waals surface area contributed by atoms with Gasteiger partial charge in [0.05, 0.1) is 0 Å². The SMILES string of the molecule is CCNC(C)CCCSCc1ccccc1Cl. The van der Waals surface area contributed by atoms with E-state index < -0.39 is 0 Å². The molecular weight excluding hydrogens is 250 g/mol. The number of benzene rings is 1. The highest BCUT2D eigenvalue weighted by Gasteiger charge is 2.01. The molecule has 1 aromatic carbocycles. The monoisotopic (exact) mass is 271 g/mol. The van der Waals surface area contributed by atoms with Crippen LogP contribution in [0.2, 0.25) is 5.02 Å². The lowest BCUT2D eigenvalue weighted by molar-refractivity contribution is 0.526. The first-order chi connectivity index (χ1) is 8.24. The van der Waals surface area contributed by atoms with E-state index in [1.54, 1.807) is 0 Å². The summed E-state index contributed by atoms with van der Waals surface area (Å²) in [7, 11) is 0. The zero-order chi connectivity index (χ0) is 12.5. The van der Waals surface area contributed by atoms with E-state index in [1.165, 1.54) is 24.2 Å². The van der Waals surface area contributed by atoms with E-state index in [0.29, 0.717) is 6.04 Å². The molecule has 0 saturated heterocycles. The van der Waals surface area contributed by atoms with Crippen molar-refractivity contribution in [3.05, 3.63) is 34.9 Å². The van der Waals surface area contributed by atoms with Gasteiger partial charge in [-0.05, 0) is 43.7 Å². The second-order valence-electron chi connectivity index (χ2n) is 4.24. The minimum Gasteiger partial charge on any atom is -0.315 e. The smallest absolute Gasteiger partial charge is 0.0446 e. The van der Waals surface area contributed by atoms with E-state index in [4.69, 9.17) is 11.6 Å². The van der Waals surface area contributed by atoms with Gasteiger partial charge in [-0.2, -0.15) is 11.8 Å². The third kappa shape index (κ3) is 6.35. The molecule has 0 aliphatic carbocycles. The third-order valence-corrected chi connectivity index (χ3v) is 4.16. The Morgan fingerprint density at radius 1 is 1.35 bits per heavy atom. The Morgan fingerprint density at radius 2 is 2.12 bits per heavy atom. The summed E-state index contributed by atoms with van der Waals surface area (Å²) in [5.74, 6) is 2.23. The Morgan fingerprint density at radius 3 is 2.82 bits per heavy atom. The zero-order valence-electron chi connectivity index (χ0n) is 10.7. The summed E-state index contributed by atoms with van der Waals surface area (Å²) in [5.41, 5.74) is 1.25. The third-order valence-electron chi connectivity index (χ3n) is 2.69. The normalized spacial score (nSPS) is 12.6. The van der Waals surface area contributed by atoms with Gasteiger partial charge in [0, 0.05) is 16.8 Å². The van der Waals surface area contributed by atoms with Crippen LogP contribution in [0, 0.1) is 0 Å². The highest BCUT2D eigenvalue weighted by Crippen LogP contribution is 2.21. The van der Waals surface area contributed by atoms with Gasteiger partial charge in [-0.15, -0.1) is 0 Å². The lowest BCUT2D eigenvalue weighted by atomic mass is 10.2. The Bertz CT molecular complexity index is 317. The van der Waals surface area contributed by atoms with Crippen molar-refractivity contribution in [1.82, 2.24) is 5.32 Å². The highest BCUT2D eigenvalue weighted by molar-refractivity contribution is 7.98. The lowest BCUT2D eigenvalue weighted by Gasteiger charge is -2.11. The van der Waals surface area contributed by atoms with Crippen LogP contribution in [0.4, 0.5) is 0 Å². The molecule has 1 rings (SSSR count). The van der Waals surface area contributed by atoms with Gasteiger partial charge >= 0.3 is 0 Å². The molecule has 0 aliphatic heterocycles. The van der Waals surface area contributed by atoms with Gasteiger partial charge in [0.1, 0.15) is 0 Å². The summed E-state index contributed by atoms with van der Waals surface area (Å²) in [5, 5.41) is 4.32. The van der Waals surface area contributed by atoms with Crippen molar-refractivity contribution in [3.63, 3.8) is 0 Å². The first-order valence-corrected chi connectivity index (χ1v) is 7.81. The van der Waals surface area contributed by atoms with Crippen molar-refractivity contribution in [1.29, 1.82) is 0 Å². The molecule has 0 aliphatic rings. The quantitative estimate of drug-likeness (QED) is 0.706. The van der Waals surface area contributed by atoms with Crippen LogP contribution in [0.3, 0.4) is 0 Å². The van der Waals surface area contributed by atoms with Crippen LogP contribution in [0.15, 0.2) is 24.3 Å². The van der Waals surface area contributed by atoms with Crippen molar-refractivity contribution in [2.45, 2.75) is 38.5 Å². The van der Waals surface area contributed by atoms with E-state index in [9.17, 15) is 0 Å². The van der Waals surface area contributed by atoms with Gasteiger partial charge in [0.15, 0.2) is 0 Å². The fraction of sp³-hybridized carbons (Fsp3) is 0.571. The molecule has 96 valence electrons. The molecule has 0 amide bonds. The summed E-state index contributed by atoms with van der Waals surface area (Å²) in [6.07, 6.45) is 2.52. The summed E-state index contributed by atoms with van der Waals surface area (Å²) >= 11 is 8.07. The maximum Gasteiger partial charge on any atom is 0.0446 e. The average Bonchev–Trinajstić information content (AvgIpc) is 2.31. The van der Waals surface area contributed by atoms with Gasteiger partial charge in [-0.25, -0.2) is 0 Å². The fourth-order valence-corrected chi connectivity index (χ4v) is 3.01. The number of halogens is 1. The average molecular weight is 272 g/mol. The Balaban J connectivity index is 2.10. The fourth-order valence-electron chi connectivity index (χ4n) is 1.74. The van der Waals surface area contributed by atoms with Crippen molar-refractivity contribution < 1.29 is 0 Å². The first-order valence-electron chi connectivity index (χ1n) is 6.28. The molecular formula is C14H22ClNS. The lowest BCUT2D eigenvalue weighted by Crippen LogP contribution is -2.25. The predicted molar refractivity (Wildman–Crippen MR) is 80.0 cm³/mol. The summed E-state index contributed by atoms with van der Waals surface area (Å²) in [4.78, 5) is 0. The molecule has 0 bridgehead atoms. The number of hydrogen-bond donors (Lipinski definition) is 1. The van der Waals surface area contributed by atoms with Crippen molar-refractivity contribution in [3.8, 4) is 0 Å². The molecule has 17 heavy (non-hydrogen) atoms. The van der Waals surface area contributed by atoms with Crippen LogP contribution in [-0.4, -0.2) is 18.3 Å². The standard InChI is InChI=1S/C14H22ClNS/c1-3-16-12(2)7-6-10-17-11-13-8-4-5-9-14(13)15/h4-5,8-9,12,16H,3,6-7,10-11H2,1-2H3. The van der Waals surface area contributed by atoms with E-state index in [1.807, 2.05) is 23.9 Å². The number of hydrogen-bond acceptors (Lipinski definition) is 2. The van der Waals surface area contributed by atoms with Crippen molar-refractivity contribution >= 4 is 23.4 Å². The molecule has 0 aromatic heterocycles. The number of thioether (sulfide) groups is 1. The molecule has 0 radical (unpaired) electrons. The maximum absolute atomic E-state index is 6.11. The second-order valence-corrected chi connectivity index (χ2v) is 5.76. The summed E-state index contributed by atoms with van der Waals surface area (Å²) in [6.45, 7) is 5.47. The van der Waals surface area contributed by atoms with E-state index in [0.717, 1.165) is 17.3 Å². The Hall–Kier alpha value is -0.180. The minimum atomic E-state index is 0.640. The highest BCUT2D eigenvalue weighted by atomic mass is 35.5. The topological polar surface area (TPSA) is 12.0 Å². The Labute approximate surface area is 114 Å². The van der Waals surface area contributed by atoms with Gasteiger partial charge in [0.25, 0.3) is 0 Å². The molecule has 1 unspecified atom stereocenters. The molecule has 1 atom stereocenters. The molecule has 0 fully saturated rings. The molecule has 1 aromatic rings. The molecule has 1 N–H and O–H groups in total. The van der Waals surface area contributed by atoms with Gasteiger partial charge in [-0.1, -0.05) is 36.7 Å². The van der Waals surface area contributed by atoms with Crippen molar-refractivity contribution in [2.24, 2.45) is 0 Å². The molecule has 0 heterocycles. The number of rotatable bonds is 8. The van der Waals surface area contributed by atoms with Crippen LogP contribution in [0.25, 0.3) is 0 Å². The van der Waals surface area contributed by atoms with Crippen LogP contribution in [0.1, 0.15) is 32.3 Å². The van der Waals surface area contributed by atoms with Crippen LogP contribution < -0.4 is 5.32 Å². The van der Waals surface area contributed by atoms with E-state index in [2.05, 4.69) is 31.3 Å². The van der Waals surface area contributed by atoms with Gasteiger partial charge in [-0.3, -0.25) is 0 Å². The zero-order valence-corrected chi connectivity index (χ0v) is 12.3. The van der Waals surface area contributed by atoms with Gasteiger partial charge in [0.2, 0.25) is 0 Å². The summed E-state index contributed by atoms with van der Waals surface area (Å²) < 4.78 is 0. The largest absolute Gasteiger partial charge is 0.315 e. The molecule has 0 spiro atoms. The molecule has 0 saturated carbocycles. The van der Waals surface area contributed by atoms with Gasteiger partial charge < -0.3 is 5.32 Å². The maximum atomic E-state index is 6.11. The first kappa shape index (κ1) is 14.9.